The molecule has 0 atom stereocenters. The molecule has 0 aliphatic rings. The number of carbonyl (C=O) groups excluding carboxylic acids is 1. The molecule has 1 amide bonds. The lowest BCUT2D eigenvalue weighted by Crippen LogP contribution is -2.25. The fraction of sp³-hybridized carbons (Fsp3) is 0.917. The second-order valence-electron chi connectivity index (χ2n) is 4.16. The summed E-state index contributed by atoms with van der Waals surface area (Å²) in [7, 11) is 3.93. The second kappa shape index (κ2) is 9.60. The van der Waals surface area contributed by atoms with Gasteiger partial charge >= 0.3 is 0 Å². The van der Waals surface area contributed by atoms with Crippen LogP contribution in [0.2, 0.25) is 0 Å². The molecule has 96 valence electrons. The molecular weight excluding hydrogens is 204 g/mol. The Balaban J connectivity index is 3.19. The van der Waals surface area contributed by atoms with Crippen LogP contribution in [0.3, 0.4) is 0 Å². The third kappa shape index (κ3) is 8.68. The van der Waals surface area contributed by atoms with E-state index >= 15 is 0 Å². The molecule has 0 radical (unpaired) electrons. The quantitative estimate of drug-likeness (QED) is 0.558. The molecule has 0 aliphatic heterocycles. The summed E-state index contributed by atoms with van der Waals surface area (Å²) in [6.07, 6.45) is 1.99. The molecule has 4 nitrogen and oxygen atoms in total. The highest BCUT2D eigenvalue weighted by molar-refractivity contribution is 5.72. The van der Waals surface area contributed by atoms with Crippen molar-refractivity contribution in [2.45, 2.75) is 26.7 Å². The molecule has 0 rings (SSSR count). The molecule has 0 N–H and O–H groups in total. The number of ether oxygens (including phenoxy) is 1. The lowest BCUT2D eigenvalue weighted by atomic mass is 10.4. The SMILES string of the molecule is CCN(C)CCCOCCCN(C)C(C)=O. The van der Waals surface area contributed by atoms with Crippen LogP contribution in [0.25, 0.3) is 0 Å². The highest BCUT2D eigenvalue weighted by atomic mass is 16.5. The lowest BCUT2D eigenvalue weighted by Gasteiger charge is -2.15. The molecule has 0 aromatic heterocycles. The maximum Gasteiger partial charge on any atom is 0.219 e. The Morgan fingerprint density at radius 2 is 1.69 bits per heavy atom. The van der Waals surface area contributed by atoms with Crippen molar-refractivity contribution in [1.29, 1.82) is 0 Å². The summed E-state index contributed by atoms with van der Waals surface area (Å²) < 4.78 is 5.49. The van der Waals surface area contributed by atoms with Crippen molar-refractivity contribution in [3.05, 3.63) is 0 Å². The Morgan fingerprint density at radius 1 is 1.12 bits per heavy atom. The Labute approximate surface area is 99.5 Å². The van der Waals surface area contributed by atoms with Gasteiger partial charge in [-0.15, -0.1) is 0 Å². The molecule has 0 unspecified atom stereocenters. The number of hydrogen-bond donors (Lipinski definition) is 0. The smallest absolute Gasteiger partial charge is 0.219 e. The van der Waals surface area contributed by atoms with E-state index in [9.17, 15) is 4.79 Å². The fourth-order valence-corrected chi connectivity index (χ4v) is 1.26. The summed E-state index contributed by atoms with van der Waals surface area (Å²) in [5.74, 6) is 0.115. The summed E-state index contributed by atoms with van der Waals surface area (Å²) in [6, 6.07) is 0. The minimum absolute atomic E-state index is 0.115. The maximum absolute atomic E-state index is 10.9. The van der Waals surface area contributed by atoms with Crippen molar-refractivity contribution in [2.24, 2.45) is 0 Å². The second-order valence-corrected chi connectivity index (χ2v) is 4.16. The van der Waals surface area contributed by atoms with E-state index in [-0.39, 0.29) is 5.91 Å². The molecule has 0 saturated carbocycles. The predicted octanol–water partition coefficient (Wildman–Crippen LogP) is 1.21. The molecule has 0 heterocycles. The van der Waals surface area contributed by atoms with Gasteiger partial charge in [0, 0.05) is 40.3 Å². The fourth-order valence-electron chi connectivity index (χ4n) is 1.26. The third-order valence-corrected chi connectivity index (χ3v) is 2.69. The normalized spacial score (nSPS) is 10.8. The lowest BCUT2D eigenvalue weighted by molar-refractivity contribution is -0.127. The van der Waals surface area contributed by atoms with E-state index in [1.807, 2.05) is 7.05 Å². The number of amides is 1. The van der Waals surface area contributed by atoms with Crippen molar-refractivity contribution < 1.29 is 9.53 Å². The molecule has 0 aromatic rings. The molecule has 0 aliphatic carbocycles. The third-order valence-electron chi connectivity index (χ3n) is 2.69. The number of carbonyl (C=O) groups is 1. The van der Waals surface area contributed by atoms with Crippen molar-refractivity contribution in [2.75, 3.05) is 46.9 Å². The summed E-state index contributed by atoms with van der Waals surface area (Å²) in [4.78, 5) is 14.9. The van der Waals surface area contributed by atoms with E-state index in [2.05, 4.69) is 18.9 Å². The first-order chi connectivity index (χ1) is 7.57. The molecule has 0 saturated heterocycles. The van der Waals surface area contributed by atoms with Crippen LogP contribution in [0.1, 0.15) is 26.7 Å². The van der Waals surface area contributed by atoms with Gasteiger partial charge in [-0.25, -0.2) is 0 Å². The number of nitrogens with zero attached hydrogens (tertiary/aromatic N) is 2. The van der Waals surface area contributed by atoms with E-state index in [4.69, 9.17) is 4.74 Å². The van der Waals surface area contributed by atoms with Crippen LogP contribution in [-0.4, -0.2) is 62.7 Å². The minimum atomic E-state index is 0.115. The summed E-state index contributed by atoms with van der Waals surface area (Å²) in [5, 5.41) is 0. The zero-order valence-electron chi connectivity index (χ0n) is 11.2. The Bertz CT molecular complexity index is 186. The van der Waals surface area contributed by atoms with Gasteiger partial charge in [-0.3, -0.25) is 4.79 Å². The van der Waals surface area contributed by atoms with Gasteiger partial charge in [0.15, 0.2) is 0 Å². The van der Waals surface area contributed by atoms with Gasteiger partial charge in [0.25, 0.3) is 0 Å². The van der Waals surface area contributed by atoms with Crippen LogP contribution in [0.5, 0.6) is 0 Å². The topological polar surface area (TPSA) is 32.8 Å². The van der Waals surface area contributed by atoms with Crippen molar-refractivity contribution in [3.63, 3.8) is 0 Å². The first-order valence-electron chi connectivity index (χ1n) is 6.06. The van der Waals surface area contributed by atoms with E-state index in [1.165, 1.54) is 0 Å². The number of rotatable bonds is 9. The van der Waals surface area contributed by atoms with Gasteiger partial charge in [0.05, 0.1) is 0 Å². The maximum atomic E-state index is 10.9. The molecule has 16 heavy (non-hydrogen) atoms. The van der Waals surface area contributed by atoms with E-state index in [0.717, 1.165) is 45.7 Å². The number of hydrogen-bond acceptors (Lipinski definition) is 3. The van der Waals surface area contributed by atoms with Crippen molar-refractivity contribution in [3.8, 4) is 0 Å². The first kappa shape index (κ1) is 15.4. The largest absolute Gasteiger partial charge is 0.381 e. The van der Waals surface area contributed by atoms with Crippen molar-refractivity contribution in [1.82, 2.24) is 9.80 Å². The molecule has 4 heteroatoms. The van der Waals surface area contributed by atoms with Crippen LogP contribution < -0.4 is 0 Å². The molecule has 0 fully saturated rings. The Morgan fingerprint density at radius 3 is 2.19 bits per heavy atom. The van der Waals surface area contributed by atoms with Crippen molar-refractivity contribution >= 4 is 5.91 Å². The zero-order valence-corrected chi connectivity index (χ0v) is 11.2. The predicted molar refractivity (Wildman–Crippen MR) is 66.5 cm³/mol. The van der Waals surface area contributed by atoms with Gasteiger partial charge in [0.1, 0.15) is 0 Å². The Hall–Kier alpha value is -0.610. The minimum Gasteiger partial charge on any atom is -0.381 e. The highest BCUT2D eigenvalue weighted by Crippen LogP contribution is 1.92. The zero-order chi connectivity index (χ0) is 12.4. The summed E-state index contributed by atoms with van der Waals surface area (Å²) in [6.45, 7) is 8.25. The van der Waals surface area contributed by atoms with Crippen LogP contribution in [0.4, 0.5) is 0 Å². The van der Waals surface area contributed by atoms with Crippen LogP contribution in [-0.2, 0) is 9.53 Å². The molecule has 0 bridgehead atoms. The molecular formula is C12H26N2O2. The van der Waals surface area contributed by atoms with E-state index in [1.54, 1.807) is 11.8 Å². The van der Waals surface area contributed by atoms with Crippen LogP contribution in [0, 0.1) is 0 Å². The van der Waals surface area contributed by atoms with Crippen LogP contribution in [0.15, 0.2) is 0 Å². The van der Waals surface area contributed by atoms with E-state index in [0.29, 0.717) is 0 Å². The summed E-state index contributed by atoms with van der Waals surface area (Å²) in [5.41, 5.74) is 0. The van der Waals surface area contributed by atoms with Gasteiger partial charge in [-0.2, -0.15) is 0 Å². The molecule has 0 spiro atoms. The molecule has 0 aromatic carbocycles. The monoisotopic (exact) mass is 230 g/mol. The van der Waals surface area contributed by atoms with Gasteiger partial charge < -0.3 is 14.5 Å². The first-order valence-corrected chi connectivity index (χ1v) is 6.06. The average molecular weight is 230 g/mol. The van der Waals surface area contributed by atoms with Gasteiger partial charge in [-0.1, -0.05) is 6.92 Å². The standard InChI is InChI=1S/C12H26N2O2/c1-5-13(3)8-6-10-16-11-7-9-14(4)12(2)15/h5-11H2,1-4H3. The van der Waals surface area contributed by atoms with Gasteiger partial charge in [-0.05, 0) is 26.4 Å². The summed E-state index contributed by atoms with van der Waals surface area (Å²) >= 11 is 0. The highest BCUT2D eigenvalue weighted by Gasteiger charge is 2.00. The Kier molecular flexibility index (Phi) is 9.24. The van der Waals surface area contributed by atoms with Gasteiger partial charge in [0.2, 0.25) is 5.91 Å². The van der Waals surface area contributed by atoms with E-state index < -0.39 is 0 Å². The van der Waals surface area contributed by atoms with Crippen LogP contribution >= 0.6 is 0 Å². The average Bonchev–Trinajstić information content (AvgIpc) is 2.26.